The summed E-state index contributed by atoms with van der Waals surface area (Å²) in [6, 6.07) is 19.1. The molecule has 0 aliphatic heterocycles. The fraction of sp³-hybridized carbons (Fsp3) is 0.118. The molecule has 0 heterocycles. The van der Waals surface area contributed by atoms with Crippen molar-refractivity contribution in [1.82, 2.24) is 10.9 Å². The molecule has 1 amide bonds. The van der Waals surface area contributed by atoms with E-state index in [1.807, 2.05) is 54.6 Å². The van der Waals surface area contributed by atoms with Crippen LogP contribution in [0, 0.1) is 0 Å². The first-order valence-corrected chi connectivity index (χ1v) is 6.58. The minimum Gasteiger partial charge on any atom is -0.287 e. The van der Waals surface area contributed by atoms with E-state index in [4.69, 9.17) is 0 Å². The van der Waals surface area contributed by atoms with E-state index in [0.29, 0.717) is 5.56 Å². The molecule has 0 aromatic heterocycles. The maximum absolute atomic E-state index is 12.0. The molecule has 0 aliphatic carbocycles. The van der Waals surface area contributed by atoms with Crippen LogP contribution in [0.1, 0.15) is 28.4 Å². The number of hydrogen-bond acceptors (Lipinski definition) is 2. The van der Waals surface area contributed by atoms with Crippen LogP contribution < -0.4 is 10.9 Å². The molecule has 0 fully saturated rings. The third-order valence-electron chi connectivity index (χ3n) is 3.00. The Morgan fingerprint density at radius 3 is 2.25 bits per heavy atom. The van der Waals surface area contributed by atoms with Crippen molar-refractivity contribution in [2.24, 2.45) is 0 Å². The van der Waals surface area contributed by atoms with Gasteiger partial charge in [-0.3, -0.25) is 10.2 Å². The monoisotopic (exact) mass is 266 g/mol. The van der Waals surface area contributed by atoms with Crippen molar-refractivity contribution in [2.45, 2.75) is 12.5 Å². The Morgan fingerprint density at radius 2 is 1.65 bits per heavy atom. The van der Waals surface area contributed by atoms with E-state index in [2.05, 4.69) is 17.4 Å². The number of hydrazine groups is 1. The van der Waals surface area contributed by atoms with E-state index in [9.17, 15) is 4.79 Å². The minimum absolute atomic E-state index is 0.0152. The van der Waals surface area contributed by atoms with Crippen LogP contribution in [0.15, 0.2) is 73.3 Å². The average Bonchev–Trinajstić information content (AvgIpc) is 2.53. The molecule has 2 N–H and O–H groups in total. The second-order valence-corrected chi connectivity index (χ2v) is 4.45. The van der Waals surface area contributed by atoms with E-state index >= 15 is 0 Å². The van der Waals surface area contributed by atoms with Crippen molar-refractivity contribution in [3.05, 3.63) is 84.4 Å². The molecular formula is C17H18N2O. The lowest BCUT2D eigenvalue weighted by Gasteiger charge is -2.18. The summed E-state index contributed by atoms with van der Waals surface area (Å²) in [5, 5.41) is 0. The van der Waals surface area contributed by atoms with Gasteiger partial charge in [-0.1, -0.05) is 54.6 Å². The number of benzene rings is 2. The van der Waals surface area contributed by atoms with Crippen molar-refractivity contribution >= 4 is 5.91 Å². The quantitative estimate of drug-likeness (QED) is 0.622. The molecule has 0 spiro atoms. The number of amides is 1. The highest BCUT2D eigenvalue weighted by atomic mass is 16.2. The van der Waals surface area contributed by atoms with Gasteiger partial charge >= 0.3 is 0 Å². The van der Waals surface area contributed by atoms with Gasteiger partial charge in [0.15, 0.2) is 0 Å². The molecule has 0 aliphatic rings. The zero-order valence-electron chi connectivity index (χ0n) is 11.3. The summed E-state index contributed by atoms with van der Waals surface area (Å²) in [6.07, 6.45) is 2.57. The lowest BCUT2D eigenvalue weighted by Crippen LogP contribution is -2.39. The molecule has 0 radical (unpaired) electrons. The molecular weight excluding hydrogens is 248 g/mol. The van der Waals surface area contributed by atoms with Gasteiger partial charge in [0.1, 0.15) is 0 Å². The summed E-state index contributed by atoms with van der Waals surface area (Å²) in [7, 11) is 0. The van der Waals surface area contributed by atoms with Crippen molar-refractivity contribution in [3.63, 3.8) is 0 Å². The first-order chi connectivity index (χ1) is 9.81. The fourth-order valence-electron chi connectivity index (χ4n) is 1.94. The van der Waals surface area contributed by atoms with Gasteiger partial charge in [0.2, 0.25) is 0 Å². The maximum Gasteiger partial charge on any atom is 0.265 e. The van der Waals surface area contributed by atoms with Crippen LogP contribution >= 0.6 is 0 Å². The van der Waals surface area contributed by atoms with Gasteiger partial charge in [0.25, 0.3) is 5.91 Å². The van der Waals surface area contributed by atoms with Crippen LogP contribution in [-0.2, 0) is 0 Å². The standard InChI is InChI=1S/C17H18N2O/c1-2-9-16(14-10-5-3-6-11-14)18-19-17(20)15-12-7-4-8-13-15/h2-8,10-13,16,18H,1,9H2,(H,19,20)/t16-/m0/s1. The van der Waals surface area contributed by atoms with Crippen LogP contribution in [-0.4, -0.2) is 5.91 Å². The summed E-state index contributed by atoms with van der Waals surface area (Å²) in [5.74, 6) is -0.143. The van der Waals surface area contributed by atoms with E-state index in [1.54, 1.807) is 12.1 Å². The Bertz CT molecular complexity index is 552. The highest BCUT2D eigenvalue weighted by molar-refractivity contribution is 5.93. The normalized spacial score (nSPS) is 11.6. The molecule has 3 nitrogen and oxygen atoms in total. The average molecular weight is 266 g/mol. The third kappa shape index (κ3) is 3.80. The zero-order chi connectivity index (χ0) is 14.2. The summed E-state index contributed by atoms with van der Waals surface area (Å²) < 4.78 is 0. The molecule has 2 rings (SSSR count). The van der Waals surface area contributed by atoms with Gasteiger partial charge in [-0.2, -0.15) is 0 Å². The second kappa shape index (κ2) is 7.26. The van der Waals surface area contributed by atoms with Gasteiger partial charge in [-0.05, 0) is 24.1 Å². The molecule has 2 aromatic rings. The predicted molar refractivity (Wildman–Crippen MR) is 81.0 cm³/mol. The number of hydrogen-bond donors (Lipinski definition) is 2. The summed E-state index contributed by atoms with van der Waals surface area (Å²) in [4.78, 5) is 12.0. The third-order valence-corrected chi connectivity index (χ3v) is 3.00. The van der Waals surface area contributed by atoms with Crippen LogP contribution in [0.3, 0.4) is 0 Å². The molecule has 3 heteroatoms. The maximum atomic E-state index is 12.0. The molecule has 0 unspecified atom stereocenters. The van der Waals surface area contributed by atoms with Crippen molar-refractivity contribution in [3.8, 4) is 0 Å². The number of rotatable bonds is 6. The number of carbonyl (C=O) groups excluding carboxylic acids is 1. The first kappa shape index (κ1) is 14.0. The summed E-state index contributed by atoms with van der Waals surface area (Å²) in [6.45, 7) is 3.76. The fourth-order valence-corrected chi connectivity index (χ4v) is 1.94. The Hall–Kier alpha value is -2.39. The van der Waals surface area contributed by atoms with Gasteiger partial charge in [0, 0.05) is 5.56 Å². The Kier molecular flexibility index (Phi) is 5.09. The lowest BCUT2D eigenvalue weighted by atomic mass is 10.0. The Labute approximate surface area is 119 Å². The first-order valence-electron chi connectivity index (χ1n) is 6.58. The number of carbonyl (C=O) groups is 1. The van der Waals surface area contributed by atoms with E-state index in [-0.39, 0.29) is 11.9 Å². The van der Waals surface area contributed by atoms with Gasteiger partial charge in [-0.15, -0.1) is 6.58 Å². The lowest BCUT2D eigenvalue weighted by molar-refractivity contribution is 0.0925. The number of nitrogens with one attached hydrogen (secondary N) is 2. The summed E-state index contributed by atoms with van der Waals surface area (Å²) >= 11 is 0. The molecule has 0 saturated carbocycles. The van der Waals surface area contributed by atoms with E-state index < -0.39 is 0 Å². The summed E-state index contributed by atoms with van der Waals surface area (Å²) in [5.41, 5.74) is 7.55. The van der Waals surface area contributed by atoms with E-state index in [0.717, 1.165) is 12.0 Å². The predicted octanol–water partition coefficient (Wildman–Crippen LogP) is 3.24. The molecule has 0 bridgehead atoms. The van der Waals surface area contributed by atoms with Crippen molar-refractivity contribution in [1.29, 1.82) is 0 Å². The molecule has 2 aromatic carbocycles. The van der Waals surface area contributed by atoms with Crippen LogP contribution in [0.25, 0.3) is 0 Å². The van der Waals surface area contributed by atoms with Crippen molar-refractivity contribution < 1.29 is 4.79 Å². The highest BCUT2D eigenvalue weighted by Crippen LogP contribution is 2.15. The Balaban J connectivity index is 1.99. The molecule has 102 valence electrons. The van der Waals surface area contributed by atoms with Gasteiger partial charge in [0.05, 0.1) is 6.04 Å². The zero-order valence-corrected chi connectivity index (χ0v) is 11.3. The minimum atomic E-state index is -0.143. The van der Waals surface area contributed by atoms with E-state index in [1.165, 1.54) is 0 Å². The topological polar surface area (TPSA) is 41.1 Å². The van der Waals surface area contributed by atoms with Crippen LogP contribution in [0.5, 0.6) is 0 Å². The van der Waals surface area contributed by atoms with Crippen molar-refractivity contribution in [2.75, 3.05) is 0 Å². The Morgan fingerprint density at radius 1 is 1.05 bits per heavy atom. The SMILES string of the molecule is C=CC[C@H](NNC(=O)c1ccccc1)c1ccccc1. The van der Waals surface area contributed by atoms with Crippen LogP contribution in [0.4, 0.5) is 0 Å². The highest BCUT2D eigenvalue weighted by Gasteiger charge is 2.11. The largest absolute Gasteiger partial charge is 0.287 e. The molecule has 20 heavy (non-hydrogen) atoms. The van der Waals surface area contributed by atoms with Gasteiger partial charge < -0.3 is 0 Å². The molecule has 0 saturated heterocycles. The smallest absolute Gasteiger partial charge is 0.265 e. The molecule has 1 atom stereocenters. The van der Waals surface area contributed by atoms with Gasteiger partial charge in [-0.25, -0.2) is 5.43 Å². The second-order valence-electron chi connectivity index (χ2n) is 4.45. The van der Waals surface area contributed by atoms with Crippen LogP contribution in [0.2, 0.25) is 0 Å².